The van der Waals surface area contributed by atoms with Crippen molar-refractivity contribution in [2.45, 2.75) is 17.6 Å². The number of sulfonamides is 1. The Bertz CT molecular complexity index is 1210. The molecule has 0 bridgehead atoms. The standard InChI is InChI=1S/C18H12F5N3O3S2/c19-14-4-1-10(7-13(14)18(21,22)23)9-25-16(27)12-3-2-11(8-15(12)20)31(28,29)26-17-24-5-6-30-17/h1-8H,9H2,(H,24,26)(H,25,27). The summed E-state index contributed by atoms with van der Waals surface area (Å²) in [4.78, 5) is 15.5. The lowest BCUT2D eigenvalue weighted by atomic mass is 10.1. The molecule has 0 fully saturated rings. The topological polar surface area (TPSA) is 88.2 Å². The molecule has 0 radical (unpaired) electrons. The van der Waals surface area contributed by atoms with Gasteiger partial charge in [0.1, 0.15) is 11.6 Å². The van der Waals surface area contributed by atoms with E-state index in [4.69, 9.17) is 0 Å². The van der Waals surface area contributed by atoms with Gasteiger partial charge in [0.2, 0.25) is 0 Å². The summed E-state index contributed by atoms with van der Waals surface area (Å²) in [5.41, 5.74) is -2.08. The highest BCUT2D eigenvalue weighted by atomic mass is 32.2. The molecule has 2 aromatic carbocycles. The number of hydrogen-bond acceptors (Lipinski definition) is 5. The molecule has 0 saturated heterocycles. The Balaban J connectivity index is 1.73. The first-order valence-corrected chi connectivity index (χ1v) is 10.7. The highest BCUT2D eigenvalue weighted by Gasteiger charge is 2.34. The number of nitrogens with one attached hydrogen (secondary N) is 2. The van der Waals surface area contributed by atoms with Crippen molar-refractivity contribution in [3.63, 3.8) is 0 Å². The summed E-state index contributed by atoms with van der Waals surface area (Å²) >= 11 is 1.01. The largest absolute Gasteiger partial charge is 0.419 e. The van der Waals surface area contributed by atoms with Crippen molar-refractivity contribution in [1.82, 2.24) is 10.3 Å². The van der Waals surface area contributed by atoms with Crippen LogP contribution in [0.1, 0.15) is 21.5 Å². The van der Waals surface area contributed by atoms with E-state index < -0.39 is 56.3 Å². The number of carbonyl (C=O) groups excluding carboxylic acids is 1. The van der Waals surface area contributed by atoms with Gasteiger partial charge in [-0.15, -0.1) is 11.3 Å². The zero-order valence-electron chi connectivity index (χ0n) is 15.2. The molecule has 0 aliphatic rings. The summed E-state index contributed by atoms with van der Waals surface area (Å²) < 4.78 is 92.6. The number of amides is 1. The molecule has 1 aromatic heterocycles. The number of thiazole rings is 1. The smallest absolute Gasteiger partial charge is 0.348 e. The highest BCUT2D eigenvalue weighted by molar-refractivity contribution is 7.93. The first-order chi connectivity index (χ1) is 14.5. The SMILES string of the molecule is O=C(NCc1ccc(F)c(C(F)(F)F)c1)c1ccc(S(=O)(=O)Nc2nccs2)cc1F. The van der Waals surface area contributed by atoms with Gasteiger partial charge in [0, 0.05) is 18.1 Å². The predicted octanol–water partition coefficient (Wildman–Crippen LogP) is 4.17. The van der Waals surface area contributed by atoms with Crippen LogP contribution in [0.2, 0.25) is 0 Å². The highest BCUT2D eigenvalue weighted by Crippen LogP contribution is 2.32. The third kappa shape index (κ3) is 5.35. The van der Waals surface area contributed by atoms with Gasteiger partial charge in [0.25, 0.3) is 15.9 Å². The molecule has 3 rings (SSSR count). The molecular formula is C18H12F5N3O3S2. The molecule has 0 aliphatic carbocycles. The van der Waals surface area contributed by atoms with Gasteiger partial charge in [-0.3, -0.25) is 9.52 Å². The average Bonchev–Trinajstić information content (AvgIpc) is 3.18. The van der Waals surface area contributed by atoms with Crippen LogP contribution in [0.4, 0.5) is 27.1 Å². The fourth-order valence-corrected chi connectivity index (χ4v) is 4.27. The van der Waals surface area contributed by atoms with Gasteiger partial charge in [0.15, 0.2) is 5.13 Å². The van der Waals surface area contributed by atoms with Gasteiger partial charge in [-0.1, -0.05) is 6.07 Å². The number of rotatable bonds is 6. The third-order valence-electron chi connectivity index (χ3n) is 3.94. The lowest BCUT2D eigenvalue weighted by Crippen LogP contribution is -2.24. The van der Waals surface area contributed by atoms with Crippen molar-refractivity contribution in [1.29, 1.82) is 0 Å². The molecule has 6 nitrogen and oxygen atoms in total. The van der Waals surface area contributed by atoms with E-state index in [9.17, 15) is 35.2 Å². The number of nitrogens with zero attached hydrogens (tertiary/aromatic N) is 1. The number of aromatic nitrogens is 1. The van der Waals surface area contributed by atoms with Crippen LogP contribution in [0.15, 0.2) is 52.9 Å². The van der Waals surface area contributed by atoms with Gasteiger partial charge < -0.3 is 5.32 Å². The maximum atomic E-state index is 14.3. The molecule has 0 aliphatic heterocycles. The molecule has 13 heteroatoms. The summed E-state index contributed by atoms with van der Waals surface area (Å²) in [7, 11) is -4.14. The van der Waals surface area contributed by atoms with Crippen LogP contribution in [-0.4, -0.2) is 19.3 Å². The van der Waals surface area contributed by atoms with Crippen LogP contribution >= 0.6 is 11.3 Å². The maximum Gasteiger partial charge on any atom is 0.419 e. The van der Waals surface area contributed by atoms with E-state index in [-0.39, 0.29) is 10.7 Å². The van der Waals surface area contributed by atoms with Crippen LogP contribution < -0.4 is 10.0 Å². The van der Waals surface area contributed by atoms with Crippen molar-refractivity contribution in [3.8, 4) is 0 Å². The Morgan fingerprint density at radius 1 is 1.06 bits per heavy atom. The van der Waals surface area contributed by atoms with Crippen molar-refractivity contribution < 1.29 is 35.2 Å². The van der Waals surface area contributed by atoms with E-state index in [0.717, 1.165) is 29.5 Å². The Hall–Kier alpha value is -3.06. The molecule has 164 valence electrons. The molecule has 0 saturated carbocycles. The molecule has 1 heterocycles. The summed E-state index contributed by atoms with van der Waals surface area (Å²) in [6, 6.07) is 4.73. The summed E-state index contributed by atoms with van der Waals surface area (Å²) in [5, 5.41) is 3.81. The van der Waals surface area contributed by atoms with Crippen LogP contribution in [0, 0.1) is 11.6 Å². The van der Waals surface area contributed by atoms with E-state index in [2.05, 4.69) is 15.0 Å². The second kappa shape index (κ2) is 8.59. The molecular weight excluding hydrogens is 465 g/mol. The molecule has 1 amide bonds. The van der Waals surface area contributed by atoms with E-state index in [0.29, 0.717) is 18.2 Å². The first kappa shape index (κ1) is 22.6. The molecule has 31 heavy (non-hydrogen) atoms. The number of anilines is 1. The fraction of sp³-hybridized carbons (Fsp3) is 0.111. The van der Waals surface area contributed by atoms with Gasteiger partial charge in [-0.25, -0.2) is 22.2 Å². The van der Waals surface area contributed by atoms with Crippen molar-refractivity contribution in [2.75, 3.05) is 4.72 Å². The Morgan fingerprint density at radius 2 is 1.81 bits per heavy atom. The molecule has 0 atom stereocenters. The van der Waals surface area contributed by atoms with Gasteiger partial charge in [-0.2, -0.15) is 13.2 Å². The van der Waals surface area contributed by atoms with E-state index in [1.165, 1.54) is 11.6 Å². The molecule has 2 N–H and O–H groups in total. The average molecular weight is 477 g/mol. The minimum absolute atomic E-state index is 0.0608. The minimum Gasteiger partial charge on any atom is -0.348 e. The van der Waals surface area contributed by atoms with Crippen LogP contribution in [-0.2, 0) is 22.7 Å². The zero-order valence-corrected chi connectivity index (χ0v) is 16.8. The van der Waals surface area contributed by atoms with Gasteiger partial charge in [-0.05, 0) is 35.9 Å². The number of halogens is 5. The zero-order chi connectivity index (χ0) is 22.8. The lowest BCUT2D eigenvalue weighted by Gasteiger charge is -2.11. The van der Waals surface area contributed by atoms with Crippen molar-refractivity contribution in [2.24, 2.45) is 0 Å². The monoisotopic (exact) mass is 477 g/mol. The van der Waals surface area contributed by atoms with Crippen LogP contribution in [0.3, 0.4) is 0 Å². The minimum atomic E-state index is -4.91. The number of benzene rings is 2. The lowest BCUT2D eigenvalue weighted by molar-refractivity contribution is -0.140. The van der Waals surface area contributed by atoms with Crippen molar-refractivity contribution >= 4 is 32.4 Å². The number of carbonyl (C=O) groups is 1. The Morgan fingerprint density at radius 3 is 2.42 bits per heavy atom. The normalized spacial score (nSPS) is 11.9. The summed E-state index contributed by atoms with van der Waals surface area (Å²) in [6.45, 7) is -0.437. The van der Waals surface area contributed by atoms with E-state index in [1.54, 1.807) is 0 Å². The Kier molecular flexibility index (Phi) is 6.27. The quantitative estimate of drug-likeness (QED) is 0.522. The van der Waals surface area contributed by atoms with Crippen LogP contribution in [0.5, 0.6) is 0 Å². The summed E-state index contributed by atoms with van der Waals surface area (Å²) in [6.07, 6.45) is -3.54. The van der Waals surface area contributed by atoms with Crippen molar-refractivity contribution in [3.05, 3.63) is 76.3 Å². The number of hydrogen-bond donors (Lipinski definition) is 2. The second-order valence-corrected chi connectivity index (χ2v) is 8.66. The summed E-state index contributed by atoms with van der Waals surface area (Å²) in [5.74, 6) is -3.61. The number of alkyl halides is 3. The maximum absolute atomic E-state index is 14.3. The molecule has 3 aromatic rings. The van der Waals surface area contributed by atoms with Gasteiger partial charge >= 0.3 is 6.18 Å². The van der Waals surface area contributed by atoms with Crippen LogP contribution in [0.25, 0.3) is 0 Å². The first-order valence-electron chi connectivity index (χ1n) is 8.33. The van der Waals surface area contributed by atoms with E-state index in [1.807, 2.05) is 0 Å². The predicted molar refractivity (Wildman–Crippen MR) is 102 cm³/mol. The Labute approximate surface area is 176 Å². The molecule has 0 spiro atoms. The van der Waals surface area contributed by atoms with Gasteiger partial charge in [0.05, 0.1) is 16.0 Å². The fourth-order valence-electron chi connectivity index (χ4n) is 2.47. The second-order valence-electron chi connectivity index (χ2n) is 6.08. The molecule has 0 unspecified atom stereocenters. The van der Waals surface area contributed by atoms with E-state index >= 15 is 0 Å². The third-order valence-corrected chi connectivity index (χ3v) is 6.09.